The SMILES string of the molecule is Cc1ccc(CC(C(=O)O)C2CCCCC2O)cc1. The molecule has 0 bridgehead atoms. The van der Waals surface area contributed by atoms with Gasteiger partial charge in [-0.2, -0.15) is 0 Å². The summed E-state index contributed by atoms with van der Waals surface area (Å²) >= 11 is 0. The zero-order chi connectivity index (χ0) is 13.8. The highest BCUT2D eigenvalue weighted by Crippen LogP contribution is 2.32. The van der Waals surface area contributed by atoms with Crippen molar-refractivity contribution in [3.05, 3.63) is 35.4 Å². The molecule has 1 aromatic rings. The molecule has 1 fully saturated rings. The Morgan fingerprint density at radius 1 is 1.26 bits per heavy atom. The molecule has 3 unspecified atom stereocenters. The van der Waals surface area contributed by atoms with Gasteiger partial charge in [0.15, 0.2) is 0 Å². The van der Waals surface area contributed by atoms with Crippen LogP contribution in [-0.2, 0) is 11.2 Å². The lowest BCUT2D eigenvalue weighted by Gasteiger charge is -2.32. The molecule has 1 saturated carbocycles. The number of benzene rings is 1. The minimum atomic E-state index is -0.786. The molecule has 104 valence electrons. The van der Waals surface area contributed by atoms with Crippen LogP contribution in [0.4, 0.5) is 0 Å². The second kappa shape index (κ2) is 6.20. The van der Waals surface area contributed by atoms with Crippen molar-refractivity contribution in [2.24, 2.45) is 11.8 Å². The van der Waals surface area contributed by atoms with Crippen molar-refractivity contribution in [3.63, 3.8) is 0 Å². The Balaban J connectivity index is 2.11. The summed E-state index contributed by atoms with van der Waals surface area (Å²) in [5.74, 6) is -1.36. The Hall–Kier alpha value is -1.35. The fourth-order valence-corrected chi connectivity index (χ4v) is 3.01. The first kappa shape index (κ1) is 14.1. The molecular formula is C16H22O3. The quantitative estimate of drug-likeness (QED) is 0.877. The van der Waals surface area contributed by atoms with E-state index >= 15 is 0 Å². The molecule has 0 aliphatic heterocycles. The first-order valence-electron chi connectivity index (χ1n) is 7.04. The van der Waals surface area contributed by atoms with Crippen LogP contribution in [0, 0.1) is 18.8 Å². The summed E-state index contributed by atoms with van der Waals surface area (Å²) in [6.45, 7) is 2.02. The lowest BCUT2D eigenvalue weighted by molar-refractivity contribution is -0.146. The van der Waals surface area contributed by atoms with E-state index in [-0.39, 0.29) is 5.92 Å². The zero-order valence-corrected chi connectivity index (χ0v) is 11.4. The number of aliphatic hydroxyl groups is 1. The van der Waals surface area contributed by atoms with Crippen molar-refractivity contribution >= 4 is 5.97 Å². The van der Waals surface area contributed by atoms with Crippen molar-refractivity contribution < 1.29 is 15.0 Å². The molecule has 0 radical (unpaired) electrons. The van der Waals surface area contributed by atoms with Gasteiger partial charge >= 0.3 is 5.97 Å². The van der Waals surface area contributed by atoms with Crippen molar-refractivity contribution in [2.75, 3.05) is 0 Å². The maximum Gasteiger partial charge on any atom is 0.307 e. The van der Waals surface area contributed by atoms with Crippen molar-refractivity contribution in [1.82, 2.24) is 0 Å². The van der Waals surface area contributed by atoms with Crippen molar-refractivity contribution in [3.8, 4) is 0 Å². The van der Waals surface area contributed by atoms with E-state index in [1.54, 1.807) is 0 Å². The first-order valence-corrected chi connectivity index (χ1v) is 7.04. The van der Waals surface area contributed by atoms with Crippen LogP contribution >= 0.6 is 0 Å². The second-order valence-electron chi connectivity index (χ2n) is 5.65. The minimum Gasteiger partial charge on any atom is -0.481 e. The molecule has 3 nitrogen and oxygen atoms in total. The van der Waals surface area contributed by atoms with E-state index < -0.39 is 18.0 Å². The predicted molar refractivity (Wildman–Crippen MR) is 74.0 cm³/mol. The number of hydrogen-bond acceptors (Lipinski definition) is 2. The Bertz CT molecular complexity index is 424. The van der Waals surface area contributed by atoms with Crippen LogP contribution in [0.1, 0.15) is 36.8 Å². The Morgan fingerprint density at radius 3 is 2.47 bits per heavy atom. The maximum absolute atomic E-state index is 11.5. The van der Waals surface area contributed by atoms with Gasteiger partial charge in [-0.05, 0) is 37.7 Å². The summed E-state index contributed by atoms with van der Waals surface area (Å²) in [5.41, 5.74) is 2.21. The largest absolute Gasteiger partial charge is 0.481 e. The lowest BCUT2D eigenvalue weighted by atomic mass is 9.75. The summed E-state index contributed by atoms with van der Waals surface area (Å²) in [6.07, 6.45) is 3.65. The van der Waals surface area contributed by atoms with Crippen LogP contribution in [0.3, 0.4) is 0 Å². The summed E-state index contributed by atoms with van der Waals surface area (Å²) in [4.78, 5) is 11.5. The van der Waals surface area contributed by atoms with Gasteiger partial charge in [0.05, 0.1) is 12.0 Å². The maximum atomic E-state index is 11.5. The van der Waals surface area contributed by atoms with E-state index in [0.29, 0.717) is 6.42 Å². The molecule has 0 aromatic heterocycles. The third kappa shape index (κ3) is 3.57. The highest BCUT2D eigenvalue weighted by molar-refractivity contribution is 5.71. The van der Waals surface area contributed by atoms with Crippen molar-refractivity contribution in [2.45, 2.75) is 45.1 Å². The Morgan fingerprint density at radius 2 is 1.89 bits per heavy atom. The molecule has 2 rings (SSSR count). The van der Waals surface area contributed by atoms with Gasteiger partial charge in [0.25, 0.3) is 0 Å². The van der Waals surface area contributed by atoms with E-state index in [0.717, 1.165) is 31.2 Å². The van der Waals surface area contributed by atoms with Gasteiger partial charge < -0.3 is 10.2 Å². The van der Waals surface area contributed by atoms with Crippen LogP contribution in [-0.4, -0.2) is 22.3 Å². The molecule has 1 aliphatic carbocycles. The van der Waals surface area contributed by atoms with Gasteiger partial charge in [-0.15, -0.1) is 0 Å². The molecule has 1 aromatic carbocycles. The third-order valence-corrected chi connectivity index (χ3v) is 4.19. The number of aliphatic hydroxyl groups excluding tert-OH is 1. The van der Waals surface area contributed by atoms with Gasteiger partial charge in [-0.1, -0.05) is 42.7 Å². The normalized spacial score (nSPS) is 24.9. The molecule has 3 heteroatoms. The average molecular weight is 262 g/mol. The van der Waals surface area contributed by atoms with Crippen LogP contribution < -0.4 is 0 Å². The van der Waals surface area contributed by atoms with Gasteiger partial charge in [0.2, 0.25) is 0 Å². The van der Waals surface area contributed by atoms with Crippen LogP contribution in [0.25, 0.3) is 0 Å². The summed E-state index contributed by atoms with van der Waals surface area (Å²) in [6, 6.07) is 7.98. The summed E-state index contributed by atoms with van der Waals surface area (Å²) < 4.78 is 0. The highest BCUT2D eigenvalue weighted by Gasteiger charge is 2.34. The van der Waals surface area contributed by atoms with Gasteiger partial charge in [-0.3, -0.25) is 4.79 Å². The van der Waals surface area contributed by atoms with Gasteiger partial charge in [-0.25, -0.2) is 0 Å². The number of aryl methyl sites for hydroxylation is 1. The molecule has 19 heavy (non-hydrogen) atoms. The first-order chi connectivity index (χ1) is 9.08. The molecular weight excluding hydrogens is 240 g/mol. The molecule has 3 atom stereocenters. The van der Waals surface area contributed by atoms with Crippen LogP contribution in [0.5, 0.6) is 0 Å². The Labute approximate surface area is 114 Å². The summed E-state index contributed by atoms with van der Waals surface area (Å²) in [7, 11) is 0. The van der Waals surface area contributed by atoms with E-state index in [4.69, 9.17) is 0 Å². The average Bonchev–Trinajstić information content (AvgIpc) is 2.39. The number of aliphatic carboxylic acids is 1. The second-order valence-corrected chi connectivity index (χ2v) is 5.65. The van der Waals surface area contributed by atoms with E-state index in [9.17, 15) is 15.0 Å². The molecule has 1 aliphatic rings. The number of rotatable bonds is 4. The predicted octanol–water partition coefficient (Wildman–Crippen LogP) is 2.79. The van der Waals surface area contributed by atoms with Crippen LogP contribution in [0.2, 0.25) is 0 Å². The Kier molecular flexibility index (Phi) is 4.59. The van der Waals surface area contributed by atoms with Crippen LogP contribution in [0.15, 0.2) is 24.3 Å². The molecule has 2 N–H and O–H groups in total. The van der Waals surface area contributed by atoms with E-state index in [1.165, 1.54) is 5.56 Å². The fraction of sp³-hybridized carbons (Fsp3) is 0.562. The number of hydrogen-bond donors (Lipinski definition) is 2. The molecule has 0 saturated heterocycles. The van der Waals surface area contributed by atoms with E-state index in [1.807, 2.05) is 31.2 Å². The van der Waals surface area contributed by atoms with Gasteiger partial charge in [0.1, 0.15) is 0 Å². The number of carboxylic acids is 1. The molecule has 0 spiro atoms. The standard InChI is InChI=1S/C16H22O3/c1-11-6-8-12(9-7-11)10-14(16(18)19)13-4-2-3-5-15(13)17/h6-9,13-15,17H,2-5,10H2,1H3,(H,18,19). The van der Waals surface area contributed by atoms with Gasteiger partial charge in [0, 0.05) is 0 Å². The lowest BCUT2D eigenvalue weighted by Crippen LogP contribution is -2.36. The molecule has 0 heterocycles. The number of carboxylic acid groups (broad SMARTS) is 1. The summed E-state index contributed by atoms with van der Waals surface area (Å²) in [5, 5.41) is 19.5. The van der Waals surface area contributed by atoms with E-state index in [2.05, 4.69) is 0 Å². The number of carbonyl (C=O) groups is 1. The van der Waals surface area contributed by atoms with Crippen molar-refractivity contribution in [1.29, 1.82) is 0 Å². The third-order valence-electron chi connectivity index (χ3n) is 4.19. The molecule has 0 amide bonds. The monoisotopic (exact) mass is 262 g/mol. The minimum absolute atomic E-state index is 0.104. The smallest absolute Gasteiger partial charge is 0.307 e. The topological polar surface area (TPSA) is 57.5 Å². The fourth-order valence-electron chi connectivity index (χ4n) is 3.01. The highest BCUT2D eigenvalue weighted by atomic mass is 16.4. The zero-order valence-electron chi connectivity index (χ0n) is 11.4.